The highest BCUT2D eigenvalue weighted by Gasteiger charge is 2.29. The highest BCUT2D eigenvalue weighted by Crippen LogP contribution is 2.19. The van der Waals surface area contributed by atoms with Crippen LogP contribution in [-0.2, 0) is 38.4 Å². The summed E-state index contributed by atoms with van der Waals surface area (Å²) >= 11 is 0. The molecule has 1 saturated heterocycles. The quantitative estimate of drug-likeness (QED) is 0.230. The molecule has 5 N–H and O–H groups in total. The number of fused-ring (bicyclic) bond motifs is 1. The zero-order valence-corrected chi connectivity index (χ0v) is 24.0. The molecule has 4 aromatic rings. The van der Waals surface area contributed by atoms with Gasteiger partial charge >= 0.3 is 0 Å². The van der Waals surface area contributed by atoms with Gasteiger partial charge < -0.3 is 26.3 Å². The summed E-state index contributed by atoms with van der Waals surface area (Å²) in [6.45, 7) is 0.216. The average molecular weight is 580 g/mol. The Bertz CT molecular complexity index is 1550. The van der Waals surface area contributed by atoms with Crippen LogP contribution in [-0.4, -0.2) is 53.3 Å². The van der Waals surface area contributed by atoms with Gasteiger partial charge in [-0.15, -0.1) is 0 Å². The van der Waals surface area contributed by atoms with Crippen LogP contribution in [0, 0.1) is 0 Å². The highest BCUT2D eigenvalue weighted by atomic mass is 16.2. The molecule has 0 aliphatic carbocycles. The van der Waals surface area contributed by atoms with Crippen LogP contribution in [0.3, 0.4) is 0 Å². The molecule has 0 bridgehead atoms. The standard InChI is InChI=1S/C34H37N5O4/c40-31-17-18-32(41)38-30(20-25-21-35-28-14-8-7-13-27(25)28)34(43)39-29(19-24-11-5-2-6-12-24)33(42)37-26(22-36-31)16-15-23-9-3-1-4-10-23/h1-14,21,26,29-30,35H,15-20,22H2,(H,36,40)(H,37,42)(H,38,41)(H,39,43)/t26-,29+,30+/m1/s1. The van der Waals surface area contributed by atoms with Gasteiger partial charge in [-0.05, 0) is 35.6 Å². The first-order chi connectivity index (χ1) is 20.9. The number of rotatable bonds is 7. The Morgan fingerprint density at radius 1 is 0.628 bits per heavy atom. The van der Waals surface area contributed by atoms with Gasteiger partial charge in [-0.3, -0.25) is 19.2 Å². The maximum absolute atomic E-state index is 13.8. The van der Waals surface area contributed by atoms with Gasteiger partial charge in [0, 0.05) is 55.4 Å². The van der Waals surface area contributed by atoms with Gasteiger partial charge in [0.1, 0.15) is 12.1 Å². The van der Waals surface area contributed by atoms with Gasteiger partial charge in [-0.25, -0.2) is 0 Å². The fourth-order valence-electron chi connectivity index (χ4n) is 5.39. The molecule has 0 unspecified atom stereocenters. The van der Waals surface area contributed by atoms with Gasteiger partial charge in [0.2, 0.25) is 23.6 Å². The third-order valence-electron chi connectivity index (χ3n) is 7.76. The number of hydrogen-bond acceptors (Lipinski definition) is 4. The number of H-pyrrole nitrogens is 1. The summed E-state index contributed by atoms with van der Waals surface area (Å²) in [5.74, 6) is -1.50. The molecule has 0 radical (unpaired) electrons. The summed E-state index contributed by atoms with van der Waals surface area (Å²) in [5, 5.41) is 12.7. The number of para-hydroxylation sites is 1. The normalized spacial score (nSPS) is 20.4. The van der Waals surface area contributed by atoms with E-state index in [0.29, 0.717) is 12.8 Å². The first-order valence-electron chi connectivity index (χ1n) is 14.7. The van der Waals surface area contributed by atoms with E-state index >= 15 is 0 Å². The molecule has 1 aliphatic heterocycles. The fraction of sp³-hybridized carbons (Fsp3) is 0.294. The fourth-order valence-corrected chi connectivity index (χ4v) is 5.39. The molecule has 0 spiro atoms. The van der Waals surface area contributed by atoms with E-state index in [1.165, 1.54) is 0 Å². The molecule has 3 atom stereocenters. The first-order valence-corrected chi connectivity index (χ1v) is 14.7. The summed E-state index contributed by atoms with van der Waals surface area (Å²) in [7, 11) is 0. The molecule has 1 aliphatic rings. The van der Waals surface area contributed by atoms with Gasteiger partial charge in [0.15, 0.2) is 0 Å². The predicted molar refractivity (Wildman–Crippen MR) is 165 cm³/mol. The molecule has 1 fully saturated rings. The zero-order chi connectivity index (χ0) is 30.0. The number of aromatic amines is 1. The van der Waals surface area contributed by atoms with Crippen LogP contribution < -0.4 is 21.3 Å². The summed E-state index contributed by atoms with van der Waals surface area (Å²) < 4.78 is 0. The van der Waals surface area contributed by atoms with Crippen LogP contribution >= 0.6 is 0 Å². The molecular formula is C34H37N5O4. The second-order valence-electron chi connectivity index (χ2n) is 11.0. The molecule has 5 rings (SSSR count). The summed E-state index contributed by atoms with van der Waals surface area (Å²) in [6, 6.07) is 24.9. The Morgan fingerprint density at radius 2 is 1.26 bits per heavy atom. The molecule has 1 aromatic heterocycles. The molecule has 9 nitrogen and oxygen atoms in total. The Kier molecular flexibility index (Phi) is 9.84. The largest absolute Gasteiger partial charge is 0.361 e. The number of aromatic nitrogens is 1. The number of carbonyl (C=O) groups is 4. The maximum Gasteiger partial charge on any atom is 0.243 e. The lowest BCUT2D eigenvalue weighted by atomic mass is 10.0. The number of aryl methyl sites for hydroxylation is 1. The van der Waals surface area contributed by atoms with E-state index in [1.54, 1.807) is 0 Å². The van der Waals surface area contributed by atoms with Gasteiger partial charge in [0.25, 0.3) is 0 Å². The SMILES string of the molecule is O=C1CCC(=O)N[C@@H](Cc2c[nH]c3ccccc23)C(=O)N[C@@H](Cc2ccccc2)C(=O)N[C@H](CCc2ccccc2)CN1. The smallest absolute Gasteiger partial charge is 0.243 e. The van der Waals surface area contributed by atoms with Gasteiger partial charge in [-0.2, -0.15) is 0 Å². The second kappa shape index (κ2) is 14.3. The van der Waals surface area contributed by atoms with Crippen LogP contribution in [0.5, 0.6) is 0 Å². The van der Waals surface area contributed by atoms with Crippen LogP contribution in [0.4, 0.5) is 0 Å². The number of benzene rings is 3. The van der Waals surface area contributed by atoms with E-state index in [2.05, 4.69) is 26.3 Å². The minimum absolute atomic E-state index is 0.0246. The monoisotopic (exact) mass is 579 g/mol. The summed E-state index contributed by atoms with van der Waals surface area (Å²) in [6.07, 6.45) is 3.52. The van der Waals surface area contributed by atoms with Crippen LogP contribution in [0.15, 0.2) is 91.1 Å². The average Bonchev–Trinajstić information content (AvgIpc) is 3.43. The third-order valence-corrected chi connectivity index (χ3v) is 7.76. The van der Waals surface area contributed by atoms with E-state index in [-0.39, 0.29) is 50.1 Å². The molecule has 9 heteroatoms. The van der Waals surface area contributed by atoms with Gasteiger partial charge in [0.05, 0.1) is 0 Å². The van der Waals surface area contributed by atoms with E-state index in [4.69, 9.17) is 0 Å². The Balaban J connectivity index is 1.40. The Morgan fingerprint density at radius 3 is 2.02 bits per heavy atom. The van der Waals surface area contributed by atoms with E-state index in [9.17, 15) is 19.2 Å². The van der Waals surface area contributed by atoms with Crippen LogP contribution in [0.25, 0.3) is 10.9 Å². The van der Waals surface area contributed by atoms with Crippen molar-refractivity contribution in [3.63, 3.8) is 0 Å². The number of hydrogen-bond donors (Lipinski definition) is 5. The maximum atomic E-state index is 13.8. The highest BCUT2D eigenvalue weighted by molar-refractivity contribution is 5.94. The van der Waals surface area contributed by atoms with Crippen molar-refractivity contribution in [1.29, 1.82) is 0 Å². The molecule has 4 amide bonds. The topological polar surface area (TPSA) is 132 Å². The molecule has 43 heavy (non-hydrogen) atoms. The lowest BCUT2D eigenvalue weighted by molar-refractivity contribution is -0.133. The minimum Gasteiger partial charge on any atom is -0.361 e. The van der Waals surface area contributed by atoms with Crippen molar-refractivity contribution in [3.05, 3.63) is 108 Å². The Labute approximate surface area is 250 Å². The first kappa shape index (κ1) is 29.6. The van der Waals surface area contributed by atoms with Gasteiger partial charge in [-0.1, -0.05) is 78.9 Å². The van der Waals surface area contributed by atoms with Crippen molar-refractivity contribution >= 4 is 34.5 Å². The minimum atomic E-state index is -0.947. The van der Waals surface area contributed by atoms with Crippen molar-refractivity contribution in [2.45, 2.75) is 56.7 Å². The number of nitrogens with one attached hydrogen (secondary N) is 5. The van der Waals surface area contributed by atoms with E-state index < -0.39 is 23.9 Å². The lowest BCUT2D eigenvalue weighted by Crippen LogP contribution is -2.57. The molecular weight excluding hydrogens is 542 g/mol. The molecule has 0 saturated carbocycles. The van der Waals surface area contributed by atoms with Crippen LogP contribution in [0.2, 0.25) is 0 Å². The molecule has 3 aromatic carbocycles. The predicted octanol–water partition coefficient (Wildman–Crippen LogP) is 2.95. The van der Waals surface area contributed by atoms with Crippen molar-refractivity contribution in [2.24, 2.45) is 0 Å². The second-order valence-corrected chi connectivity index (χ2v) is 11.0. The zero-order valence-electron chi connectivity index (χ0n) is 24.0. The summed E-state index contributed by atoms with van der Waals surface area (Å²) in [4.78, 5) is 56.4. The number of amides is 4. The van der Waals surface area contributed by atoms with Crippen molar-refractivity contribution in [1.82, 2.24) is 26.3 Å². The Hall–Kier alpha value is -4.92. The van der Waals surface area contributed by atoms with Crippen LogP contribution in [0.1, 0.15) is 36.0 Å². The third kappa shape index (κ3) is 8.31. The number of carbonyl (C=O) groups excluding carboxylic acids is 4. The molecule has 222 valence electrons. The van der Waals surface area contributed by atoms with Crippen molar-refractivity contribution < 1.29 is 19.2 Å². The van der Waals surface area contributed by atoms with Crippen molar-refractivity contribution in [2.75, 3.05) is 6.54 Å². The summed E-state index contributed by atoms with van der Waals surface area (Å²) in [5.41, 5.74) is 3.79. The lowest BCUT2D eigenvalue weighted by Gasteiger charge is -2.27. The van der Waals surface area contributed by atoms with Crippen molar-refractivity contribution in [3.8, 4) is 0 Å². The van der Waals surface area contributed by atoms with E-state index in [0.717, 1.165) is 27.6 Å². The molecule has 2 heterocycles. The van der Waals surface area contributed by atoms with E-state index in [1.807, 2.05) is 91.1 Å².